The Morgan fingerprint density at radius 3 is 0.471 bits per heavy atom. The molecule has 17 heavy (non-hydrogen) atoms. The maximum Gasteiger partial charge on any atom is 5.00 e. The van der Waals surface area contributed by atoms with E-state index in [0.29, 0.717) is 0 Å². The molecule has 0 saturated carbocycles. The predicted octanol–water partition coefficient (Wildman–Crippen LogP) is -1.90. The molecule has 0 aromatic rings. The summed E-state index contributed by atoms with van der Waals surface area (Å²) in [6.45, 7) is 0. The van der Waals surface area contributed by atoms with Crippen LogP contribution in [0.4, 0.5) is 0 Å². The second-order valence-corrected chi connectivity index (χ2v) is 2.69. The van der Waals surface area contributed by atoms with E-state index in [1.54, 1.807) is 0 Å². The van der Waals surface area contributed by atoms with Gasteiger partial charge in [0.05, 0.1) is 0 Å². The molecule has 0 radical (unpaired) electrons. The molecule has 0 aliphatic rings. The summed E-state index contributed by atoms with van der Waals surface area (Å²) in [5.74, 6) is 0. The monoisotopic (exact) mass is 638 g/mol. The van der Waals surface area contributed by atoms with Gasteiger partial charge in [0, 0.05) is 0 Å². The Morgan fingerprint density at radius 1 is 0.471 bits per heavy atom. The van der Waals surface area contributed by atoms with Crippen LogP contribution in [0.25, 0.3) is 0 Å². The molecule has 0 aromatic heterocycles. The predicted molar refractivity (Wildman–Crippen MR) is 31.8 cm³/mol. The Morgan fingerprint density at radius 2 is 0.471 bits per heavy atom. The standard InChI is InChI=1S/2H2O4S.5O.2Ta/c2*1-5(2,3)4;;;;;;;/h2*(H2,1,2,3,4);;;;;;;/q;;5*-2;2*+5. The van der Waals surface area contributed by atoms with Gasteiger partial charge < -0.3 is 27.4 Å². The molecule has 0 fully saturated rings. The Balaban J connectivity index is -0.00000000762. The zero-order chi connectivity index (χ0) is 9.00. The summed E-state index contributed by atoms with van der Waals surface area (Å²) in [4.78, 5) is 0. The fourth-order valence-electron chi connectivity index (χ4n) is 0. The summed E-state index contributed by atoms with van der Waals surface area (Å²) in [6, 6.07) is 0. The molecule has 0 rings (SSSR count). The van der Waals surface area contributed by atoms with E-state index >= 15 is 0 Å². The molecular formula is H4O13S2Ta2. The normalized spacial score (nSPS) is 6.82. The number of rotatable bonds is 0. The summed E-state index contributed by atoms with van der Waals surface area (Å²) >= 11 is 0. The molecule has 17 heteroatoms. The Hall–Kier alpha value is 1.02. The van der Waals surface area contributed by atoms with Crippen molar-refractivity contribution in [2.45, 2.75) is 0 Å². The molecule has 0 heterocycles. The Kier molecular flexibility index (Phi) is 97.2. The first kappa shape index (κ1) is 64.2. The van der Waals surface area contributed by atoms with Crippen molar-refractivity contribution in [3.8, 4) is 0 Å². The van der Waals surface area contributed by atoms with Crippen molar-refractivity contribution in [3.05, 3.63) is 0 Å². The molecule has 0 aromatic carbocycles. The summed E-state index contributed by atoms with van der Waals surface area (Å²) in [5.41, 5.74) is 0. The maximum absolute atomic E-state index is 8.74. The van der Waals surface area contributed by atoms with E-state index < -0.39 is 20.8 Å². The van der Waals surface area contributed by atoms with Crippen molar-refractivity contribution >= 4 is 20.8 Å². The number of hydrogen-bond acceptors (Lipinski definition) is 4. The Bertz CT molecular complexity index is 214. The summed E-state index contributed by atoms with van der Waals surface area (Å²) in [7, 11) is -9.33. The molecular weight excluding hydrogens is 634 g/mol. The van der Waals surface area contributed by atoms with Crippen LogP contribution in [0.15, 0.2) is 0 Å². The van der Waals surface area contributed by atoms with E-state index in [1.165, 1.54) is 0 Å². The van der Waals surface area contributed by atoms with Crippen molar-refractivity contribution in [2.75, 3.05) is 0 Å². The third-order valence-electron chi connectivity index (χ3n) is 0. The van der Waals surface area contributed by atoms with Crippen LogP contribution in [-0.4, -0.2) is 35.0 Å². The summed E-state index contributed by atoms with van der Waals surface area (Å²) in [5, 5.41) is 0. The van der Waals surface area contributed by atoms with Crippen LogP contribution in [0.5, 0.6) is 0 Å². The van der Waals surface area contributed by atoms with Crippen LogP contribution < -0.4 is 0 Å². The summed E-state index contributed by atoms with van der Waals surface area (Å²) in [6.07, 6.45) is 0. The van der Waals surface area contributed by atoms with Crippen LogP contribution in [0.1, 0.15) is 0 Å². The van der Waals surface area contributed by atoms with Gasteiger partial charge in [-0.25, -0.2) is 0 Å². The van der Waals surface area contributed by atoms with E-state index in [1.807, 2.05) is 0 Å². The fraction of sp³-hybridized carbons (Fsp3) is 0. The van der Waals surface area contributed by atoms with Gasteiger partial charge in [0.15, 0.2) is 0 Å². The topological polar surface area (TPSA) is 292 Å². The van der Waals surface area contributed by atoms with Crippen LogP contribution >= 0.6 is 0 Å². The smallest absolute Gasteiger partial charge is 2.00 e. The van der Waals surface area contributed by atoms with Crippen molar-refractivity contribution < 1.29 is 107 Å². The molecule has 104 valence electrons. The van der Waals surface area contributed by atoms with Gasteiger partial charge in [0.2, 0.25) is 0 Å². The first-order chi connectivity index (χ1) is 4.00. The molecule has 0 aliphatic heterocycles. The quantitative estimate of drug-likeness (QED) is 0.217. The van der Waals surface area contributed by atoms with Gasteiger partial charge >= 0.3 is 65.6 Å². The van der Waals surface area contributed by atoms with E-state index in [4.69, 9.17) is 35.0 Å². The molecule has 13 nitrogen and oxygen atoms in total. The minimum atomic E-state index is -4.67. The summed E-state index contributed by atoms with van der Waals surface area (Å²) < 4.78 is 63.2. The fourth-order valence-corrected chi connectivity index (χ4v) is 0. The molecule has 0 bridgehead atoms. The third kappa shape index (κ3) is 3690. The molecule has 0 amide bonds. The van der Waals surface area contributed by atoms with Crippen LogP contribution in [0, 0.1) is 0 Å². The first-order valence-electron chi connectivity index (χ1n) is 1.40. The second-order valence-electron chi connectivity index (χ2n) is 0.896. The maximum atomic E-state index is 8.74. The van der Waals surface area contributed by atoms with Crippen LogP contribution in [0.2, 0.25) is 0 Å². The third-order valence-corrected chi connectivity index (χ3v) is 0. The SMILES string of the molecule is O=S(=O)(O)O.O=S(=O)(O)O.[O-2].[O-2].[O-2].[O-2].[O-2].[Ta+5].[Ta+5]. The second kappa shape index (κ2) is 25.8. The molecule has 0 spiro atoms. The van der Waals surface area contributed by atoms with Gasteiger partial charge in [-0.05, 0) is 0 Å². The Labute approximate surface area is 127 Å². The average molecular weight is 638 g/mol. The van der Waals surface area contributed by atoms with Crippen molar-refractivity contribution in [1.82, 2.24) is 0 Å². The van der Waals surface area contributed by atoms with Gasteiger partial charge in [0.1, 0.15) is 0 Å². The van der Waals surface area contributed by atoms with E-state index in [2.05, 4.69) is 0 Å². The van der Waals surface area contributed by atoms with Crippen molar-refractivity contribution in [2.24, 2.45) is 0 Å². The minimum absolute atomic E-state index is 0. The molecule has 0 aliphatic carbocycles. The molecule has 0 atom stereocenters. The van der Waals surface area contributed by atoms with Gasteiger partial charge in [0.25, 0.3) is 0 Å². The van der Waals surface area contributed by atoms with Gasteiger partial charge in [-0.2, -0.15) is 16.8 Å². The number of hydrogen-bond donors (Lipinski definition) is 4. The van der Waals surface area contributed by atoms with E-state index in [-0.39, 0.29) is 72.1 Å². The molecule has 0 unspecified atom stereocenters. The first-order valence-corrected chi connectivity index (χ1v) is 4.19. The minimum Gasteiger partial charge on any atom is -2.00 e. The zero-order valence-corrected chi connectivity index (χ0v) is 15.2. The van der Waals surface area contributed by atoms with Gasteiger partial charge in [-0.15, -0.1) is 0 Å². The zero-order valence-electron chi connectivity index (χ0n) is 7.17. The van der Waals surface area contributed by atoms with Crippen molar-refractivity contribution in [3.63, 3.8) is 0 Å². The van der Waals surface area contributed by atoms with Crippen molar-refractivity contribution in [1.29, 1.82) is 0 Å². The molecule has 0 saturated heterocycles. The largest absolute Gasteiger partial charge is 5.00 e. The average Bonchev–Trinajstić information content (AvgIpc) is 1.12. The van der Waals surface area contributed by atoms with E-state index in [0.717, 1.165) is 0 Å². The van der Waals surface area contributed by atoms with Crippen LogP contribution in [0.3, 0.4) is 0 Å². The van der Waals surface area contributed by atoms with Gasteiger partial charge in [-0.3, -0.25) is 18.2 Å². The molecule has 4 N–H and O–H groups in total. The van der Waals surface area contributed by atoms with Gasteiger partial charge in [-0.1, -0.05) is 0 Å². The van der Waals surface area contributed by atoms with Crippen LogP contribution in [-0.2, 0) is 92.9 Å². The van der Waals surface area contributed by atoms with E-state index in [9.17, 15) is 0 Å².